The fraction of sp³-hybridized carbons (Fsp3) is 0.462. The van der Waals surface area contributed by atoms with Gasteiger partial charge in [-0.1, -0.05) is 24.4 Å². The number of amides is 1. The van der Waals surface area contributed by atoms with Crippen molar-refractivity contribution in [3.63, 3.8) is 0 Å². The highest BCUT2D eigenvalue weighted by molar-refractivity contribution is 6.30. The summed E-state index contributed by atoms with van der Waals surface area (Å²) in [6.45, 7) is -0.212. The first-order valence-corrected chi connectivity index (χ1v) is 6.43. The Bertz CT molecular complexity index is 502. The summed E-state index contributed by atoms with van der Waals surface area (Å²) in [7, 11) is 0. The lowest BCUT2D eigenvalue weighted by molar-refractivity contribution is 0.0834. The van der Waals surface area contributed by atoms with Crippen molar-refractivity contribution in [1.29, 1.82) is 0 Å². The highest BCUT2D eigenvalue weighted by Crippen LogP contribution is 2.30. The number of halogens is 3. The number of carbonyl (C=O) groups is 1. The van der Waals surface area contributed by atoms with Crippen molar-refractivity contribution in [2.24, 2.45) is 0 Å². The van der Waals surface area contributed by atoms with Crippen LogP contribution in [0.3, 0.4) is 0 Å². The predicted octanol–water partition coefficient (Wildman–Crippen LogP) is 2.65. The second-order valence-electron chi connectivity index (χ2n) is 4.85. The molecule has 0 unspecified atom stereocenters. The molecule has 1 aliphatic rings. The van der Waals surface area contributed by atoms with E-state index in [9.17, 15) is 18.7 Å². The summed E-state index contributed by atoms with van der Waals surface area (Å²) >= 11 is 5.43. The summed E-state index contributed by atoms with van der Waals surface area (Å²) < 4.78 is 26.9. The van der Waals surface area contributed by atoms with Gasteiger partial charge in [-0.15, -0.1) is 0 Å². The number of aliphatic hydroxyl groups excluding tert-OH is 1. The van der Waals surface area contributed by atoms with E-state index in [2.05, 4.69) is 5.32 Å². The Morgan fingerprint density at radius 3 is 2.53 bits per heavy atom. The van der Waals surface area contributed by atoms with Gasteiger partial charge in [-0.25, -0.2) is 8.78 Å². The lowest BCUT2D eigenvalue weighted by atomic mass is 9.98. The smallest absolute Gasteiger partial charge is 0.254 e. The van der Waals surface area contributed by atoms with E-state index >= 15 is 0 Å². The van der Waals surface area contributed by atoms with Crippen molar-refractivity contribution in [2.75, 3.05) is 6.61 Å². The Kier molecular flexibility index (Phi) is 4.06. The zero-order chi connectivity index (χ0) is 14.0. The molecular formula is C13H14ClF2NO2. The van der Waals surface area contributed by atoms with Crippen LogP contribution in [0.1, 0.15) is 36.0 Å². The molecule has 1 aromatic carbocycles. The molecule has 0 saturated heterocycles. The monoisotopic (exact) mass is 289 g/mol. The lowest BCUT2D eigenvalue weighted by Gasteiger charge is -2.28. The first kappa shape index (κ1) is 14.2. The normalized spacial score (nSPS) is 17.5. The molecule has 1 amide bonds. The van der Waals surface area contributed by atoms with Crippen LogP contribution in [0.25, 0.3) is 0 Å². The Hall–Kier alpha value is -1.20. The van der Waals surface area contributed by atoms with E-state index < -0.39 is 28.6 Å². The van der Waals surface area contributed by atoms with E-state index in [1.807, 2.05) is 0 Å². The summed E-state index contributed by atoms with van der Waals surface area (Å²) in [5, 5.41) is 11.6. The van der Waals surface area contributed by atoms with Crippen molar-refractivity contribution in [3.05, 3.63) is 34.4 Å². The van der Waals surface area contributed by atoms with Gasteiger partial charge in [0.2, 0.25) is 0 Å². The number of hydrogen-bond acceptors (Lipinski definition) is 2. The topological polar surface area (TPSA) is 49.3 Å². The summed E-state index contributed by atoms with van der Waals surface area (Å²) in [6, 6.07) is 1.54. The third-order valence-corrected chi connectivity index (χ3v) is 3.79. The van der Waals surface area contributed by atoms with Crippen molar-refractivity contribution >= 4 is 17.5 Å². The van der Waals surface area contributed by atoms with Crippen LogP contribution in [0.5, 0.6) is 0 Å². The van der Waals surface area contributed by atoms with Crippen molar-refractivity contribution < 1.29 is 18.7 Å². The Morgan fingerprint density at radius 2 is 1.95 bits per heavy atom. The van der Waals surface area contributed by atoms with Gasteiger partial charge >= 0.3 is 0 Å². The van der Waals surface area contributed by atoms with E-state index in [0.717, 1.165) is 25.0 Å². The molecule has 0 heterocycles. The number of aliphatic hydroxyl groups is 1. The molecule has 1 saturated carbocycles. The third-order valence-electron chi connectivity index (χ3n) is 3.50. The highest BCUT2D eigenvalue weighted by Gasteiger charge is 2.35. The minimum atomic E-state index is -0.880. The Balaban J connectivity index is 2.22. The third kappa shape index (κ3) is 2.87. The molecule has 0 aliphatic heterocycles. The zero-order valence-corrected chi connectivity index (χ0v) is 10.9. The fourth-order valence-electron chi connectivity index (χ4n) is 2.38. The van der Waals surface area contributed by atoms with Crippen LogP contribution in [-0.2, 0) is 0 Å². The molecule has 2 rings (SSSR count). The average molecular weight is 290 g/mol. The van der Waals surface area contributed by atoms with Gasteiger partial charge in [0.15, 0.2) is 0 Å². The first-order valence-electron chi connectivity index (χ1n) is 6.05. The molecule has 6 heteroatoms. The average Bonchev–Trinajstić information content (AvgIpc) is 2.83. The van der Waals surface area contributed by atoms with Crippen LogP contribution in [0, 0.1) is 11.6 Å². The van der Waals surface area contributed by atoms with Gasteiger partial charge in [0.1, 0.15) is 11.6 Å². The molecule has 19 heavy (non-hydrogen) atoms. The molecule has 3 nitrogen and oxygen atoms in total. The van der Waals surface area contributed by atoms with E-state index in [-0.39, 0.29) is 11.6 Å². The van der Waals surface area contributed by atoms with Crippen LogP contribution >= 0.6 is 11.6 Å². The van der Waals surface area contributed by atoms with Gasteiger partial charge in [-0.3, -0.25) is 4.79 Å². The number of carbonyl (C=O) groups excluding carboxylic acids is 1. The maximum atomic E-state index is 13.6. The van der Waals surface area contributed by atoms with Gasteiger partial charge in [0.25, 0.3) is 5.91 Å². The van der Waals surface area contributed by atoms with Crippen molar-refractivity contribution in [2.45, 2.75) is 31.2 Å². The quantitative estimate of drug-likeness (QED) is 0.841. The van der Waals surface area contributed by atoms with E-state index in [1.54, 1.807) is 0 Å². The summed E-state index contributed by atoms with van der Waals surface area (Å²) in [4.78, 5) is 12.0. The number of benzene rings is 1. The molecule has 0 radical (unpaired) electrons. The fourth-order valence-corrected chi connectivity index (χ4v) is 2.53. The largest absolute Gasteiger partial charge is 0.394 e. The Labute approximate surface area is 114 Å². The standard InChI is InChI=1S/C13H14ClF2NO2/c14-9-6-10(15)8(5-11(9)16)12(19)17-13(7-18)3-1-2-4-13/h5-6,18H,1-4,7H2,(H,17,19). The minimum absolute atomic E-state index is 0.212. The van der Waals surface area contributed by atoms with Crippen LogP contribution < -0.4 is 5.32 Å². The lowest BCUT2D eigenvalue weighted by Crippen LogP contribution is -2.49. The Morgan fingerprint density at radius 1 is 1.32 bits per heavy atom. The molecule has 0 bridgehead atoms. The van der Waals surface area contributed by atoms with Gasteiger partial charge < -0.3 is 10.4 Å². The van der Waals surface area contributed by atoms with Crippen LogP contribution in [-0.4, -0.2) is 23.2 Å². The summed E-state index contributed by atoms with van der Waals surface area (Å²) in [5.41, 5.74) is -1.12. The van der Waals surface area contributed by atoms with Crippen LogP contribution in [0.2, 0.25) is 5.02 Å². The maximum Gasteiger partial charge on any atom is 0.254 e. The van der Waals surface area contributed by atoms with Crippen molar-refractivity contribution in [3.8, 4) is 0 Å². The predicted molar refractivity (Wildman–Crippen MR) is 67.1 cm³/mol. The van der Waals surface area contributed by atoms with Gasteiger partial charge in [0.05, 0.1) is 22.7 Å². The molecule has 0 spiro atoms. The van der Waals surface area contributed by atoms with Gasteiger partial charge in [0, 0.05) is 0 Å². The molecular weight excluding hydrogens is 276 g/mol. The van der Waals surface area contributed by atoms with Crippen LogP contribution in [0.15, 0.2) is 12.1 Å². The zero-order valence-electron chi connectivity index (χ0n) is 10.2. The number of rotatable bonds is 3. The second kappa shape index (κ2) is 5.43. The molecule has 2 N–H and O–H groups in total. The van der Waals surface area contributed by atoms with Gasteiger partial charge in [-0.2, -0.15) is 0 Å². The molecule has 1 aromatic rings. The van der Waals surface area contributed by atoms with Crippen molar-refractivity contribution in [1.82, 2.24) is 5.32 Å². The molecule has 0 aromatic heterocycles. The number of hydrogen-bond donors (Lipinski definition) is 2. The highest BCUT2D eigenvalue weighted by atomic mass is 35.5. The molecule has 1 fully saturated rings. The second-order valence-corrected chi connectivity index (χ2v) is 5.25. The summed E-state index contributed by atoms with van der Waals surface area (Å²) in [6.07, 6.45) is 3.04. The minimum Gasteiger partial charge on any atom is -0.394 e. The molecule has 104 valence electrons. The van der Waals surface area contributed by atoms with Crippen LogP contribution in [0.4, 0.5) is 8.78 Å². The van der Waals surface area contributed by atoms with E-state index in [1.165, 1.54) is 0 Å². The van der Waals surface area contributed by atoms with E-state index in [4.69, 9.17) is 11.6 Å². The number of nitrogens with one attached hydrogen (secondary N) is 1. The maximum absolute atomic E-state index is 13.6. The first-order chi connectivity index (χ1) is 8.97. The SMILES string of the molecule is O=C(NC1(CO)CCCC1)c1cc(F)c(Cl)cc1F. The van der Waals surface area contributed by atoms with E-state index in [0.29, 0.717) is 12.8 Å². The van der Waals surface area contributed by atoms with Gasteiger partial charge in [-0.05, 0) is 25.0 Å². The molecule has 1 aliphatic carbocycles. The molecule has 0 atom stereocenters. The summed E-state index contributed by atoms with van der Waals surface area (Å²) in [5.74, 6) is -2.46.